The Morgan fingerprint density at radius 3 is 2.67 bits per heavy atom. The zero-order valence-electron chi connectivity index (χ0n) is 11.3. The summed E-state index contributed by atoms with van der Waals surface area (Å²) in [7, 11) is 1.88. The quantitative estimate of drug-likeness (QED) is 0.623. The molecule has 0 saturated heterocycles. The Kier molecular flexibility index (Phi) is 4.55. The number of benzene rings is 2. The van der Waals surface area contributed by atoms with Gasteiger partial charge in [0, 0.05) is 29.8 Å². The lowest BCUT2D eigenvalue weighted by atomic mass is 10.1. The molecule has 6 heteroatoms. The number of rotatable bonds is 4. The van der Waals surface area contributed by atoms with Gasteiger partial charge in [0.05, 0.1) is 4.92 Å². The van der Waals surface area contributed by atoms with E-state index in [0.717, 1.165) is 15.7 Å². The van der Waals surface area contributed by atoms with Gasteiger partial charge in [0.25, 0.3) is 5.69 Å². The largest absolute Gasteiger partial charge is 0.370 e. The second-order valence-corrected chi connectivity index (χ2v) is 5.37. The molecule has 2 aromatic rings. The van der Waals surface area contributed by atoms with E-state index in [9.17, 15) is 10.1 Å². The van der Waals surface area contributed by atoms with Crippen LogP contribution in [0.15, 0.2) is 46.9 Å². The number of halogens is 1. The van der Waals surface area contributed by atoms with E-state index in [1.54, 1.807) is 6.07 Å². The predicted octanol–water partition coefficient (Wildman–Crippen LogP) is 3.87. The molecule has 0 amide bonds. The molecule has 0 bridgehead atoms. The average Bonchev–Trinajstić information content (AvgIpc) is 2.48. The molecule has 0 saturated carbocycles. The maximum absolute atomic E-state index is 10.8. The minimum Gasteiger partial charge on any atom is -0.370 e. The molecule has 106 valence electrons. The third-order valence-electron chi connectivity index (χ3n) is 3.10. The van der Waals surface area contributed by atoms with Crippen molar-refractivity contribution in [2.75, 3.05) is 11.9 Å². The van der Waals surface area contributed by atoms with Crippen molar-refractivity contribution in [3.8, 4) is 6.07 Å². The molecular formula is C15H12BrN3O2. The van der Waals surface area contributed by atoms with Crippen LogP contribution < -0.4 is 4.90 Å². The third kappa shape index (κ3) is 3.38. The van der Waals surface area contributed by atoms with Gasteiger partial charge in [-0.2, -0.15) is 5.26 Å². The van der Waals surface area contributed by atoms with Crippen molar-refractivity contribution in [3.05, 3.63) is 68.2 Å². The van der Waals surface area contributed by atoms with Gasteiger partial charge in [-0.15, -0.1) is 0 Å². The Bertz CT molecular complexity index is 725. The van der Waals surface area contributed by atoms with Crippen LogP contribution in [0.25, 0.3) is 0 Å². The molecule has 0 N–H and O–H groups in total. The molecule has 2 rings (SSSR count). The van der Waals surface area contributed by atoms with Crippen LogP contribution in [-0.4, -0.2) is 12.0 Å². The van der Waals surface area contributed by atoms with Gasteiger partial charge < -0.3 is 4.90 Å². The minimum atomic E-state index is -0.546. The smallest absolute Gasteiger partial charge is 0.287 e. The van der Waals surface area contributed by atoms with Crippen molar-refractivity contribution in [1.82, 2.24) is 0 Å². The van der Waals surface area contributed by atoms with Gasteiger partial charge >= 0.3 is 0 Å². The number of hydrogen-bond acceptors (Lipinski definition) is 4. The first-order chi connectivity index (χ1) is 10.0. The molecular weight excluding hydrogens is 334 g/mol. The molecule has 0 fully saturated rings. The lowest BCUT2D eigenvalue weighted by molar-refractivity contribution is -0.385. The number of nitriles is 1. The lowest BCUT2D eigenvalue weighted by Gasteiger charge is -2.20. The highest BCUT2D eigenvalue weighted by Crippen LogP contribution is 2.26. The van der Waals surface area contributed by atoms with Gasteiger partial charge in [0.1, 0.15) is 11.6 Å². The fourth-order valence-corrected chi connectivity index (χ4v) is 2.39. The Hall–Kier alpha value is -2.39. The summed E-state index contributed by atoms with van der Waals surface area (Å²) in [6, 6.07) is 14.3. The fraction of sp³-hybridized carbons (Fsp3) is 0.133. The van der Waals surface area contributed by atoms with Gasteiger partial charge in [-0.1, -0.05) is 34.1 Å². The van der Waals surface area contributed by atoms with Gasteiger partial charge in [-0.25, -0.2) is 0 Å². The summed E-state index contributed by atoms with van der Waals surface area (Å²) in [5, 5.41) is 19.9. The number of hydrogen-bond donors (Lipinski definition) is 0. The van der Waals surface area contributed by atoms with Crippen molar-refractivity contribution in [1.29, 1.82) is 5.26 Å². The van der Waals surface area contributed by atoms with Gasteiger partial charge in [0.2, 0.25) is 0 Å². The molecule has 0 heterocycles. The van der Waals surface area contributed by atoms with Gasteiger partial charge in [-0.05, 0) is 23.8 Å². The molecule has 0 unspecified atom stereocenters. The second kappa shape index (κ2) is 6.37. The Morgan fingerprint density at radius 2 is 2.05 bits per heavy atom. The van der Waals surface area contributed by atoms with Gasteiger partial charge in [0.15, 0.2) is 0 Å². The molecule has 0 aliphatic rings. The van der Waals surface area contributed by atoms with E-state index < -0.39 is 4.92 Å². The Balaban J connectivity index is 2.28. The number of nitro benzene ring substituents is 1. The van der Waals surface area contributed by atoms with E-state index in [1.165, 1.54) is 12.1 Å². The highest BCUT2D eigenvalue weighted by atomic mass is 79.9. The summed E-state index contributed by atoms with van der Waals surface area (Å²) in [6.45, 7) is 0.629. The minimum absolute atomic E-state index is 0.0662. The van der Waals surface area contributed by atoms with Crippen LogP contribution in [-0.2, 0) is 6.54 Å². The molecule has 0 radical (unpaired) electrons. The Labute approximate surface area is 130 Å². The first kappa shape index (κ1) is 15.0. The molecule has 0 aromatic heterocycles. The van der Waals surface area contributed by atoms with Crippen LogP contribution in [0.3, 0.4) is 0 Å². The summed E-state index contributed by atoms with van der Waals surface area (Å²) in [4.78, 5) is 12.2. The summed E-state index contributed by atoms with van der Waals surface area (Å²) in [6.07, 6.45) is 0. The lowest BCUT2D eigenvalue weighted by Crippen LogP contribution is -2.16. The first-order valence-electron chi connectivity index (χ1n) is 6.16. The van der Waals surface area contributed by atoms with Crippen LogP contribution in [0.5, 0.6) is 0 Å². The van der Waals surface area contributed by atoms with Crippen LogP contribution in [0, 0.1) is 21.4 Å². The fourth-order valence-electron chi connectivity index (χ4n) is 1.98. The number of anilines is 1. The zero-order valence-corrected chi connectivity index (χ0v) is 12.9. The van der Waals surface area contributed by atoms with E-state index >= 15 is 0 Å². The van der Waals surface area contributed by atoms with Crippen LogP contribution in [0.2, 0.25) is 0 Å². The normalized spacial score (nSPS) is 9.95. The summed E-state index contributed by atoms with van der Waals surface area (Å²) < 4.78 is 0.999. The van der Waals surface area contributed by atoms with E-state index in [1.807, 2.05) is 42.3 Å². The highest BCUT2D eigenvalue weighted by Gasteiger charge is 2.15. The molecule has 0 aliphatic carbocycles. The average molecular weight is 346 g/mol. The molecule has 0 spiro atoms. The highest BCUT2D eigenvalue weighted by molar-refractivity contribution is 9.10. The van der Waals surface area contributed by atoms with E-state index in [0.29, 0.717) is 6.54 Å². The van der Waals surface area contributed by atoms with Crippen LogP contribution in [0.4, 0.5) is 11.4 Å². The van der Waals surface area contributed by atoms with Crippen molar-refractivity contribution >= 4 is 27.3 Å². The topological polar surface area (TPSA) is 70.2 Å². The van der Waals surface area contributed by atoms with E-state index in [-0.39, 0.29) is 11.3 Å². The van der Waals surface area contributed by atoms with Crippen molar-refractivity contribution in [2.24, 2.45) is 0 Å². The summed E-state index contributed by atoms with van der Waals surface area (Å²) >= 11 is 3.49. The van der Waals surface area contributed by atoms with Crippen molar-refractivity contribution < 1.29 is 4.92 Å². The van der Waals surface area contributed by atoms with Crippen LogP contribution in [0.1, 0.15) is 11.1 Å². The van der Waals surface area contributed by atoms with Crippen molar-refractivity contribution in [2.45, 2.75) is 6.54 Å². The molecule has 5 nitrogen and oxygen atoms in total. The van der Waals surface area contributed by atoms with Crippen LogP contribution >= 0.6 is 15.9 Å². The zero-order chi connectivity index (χ0) is 15.4. The maximum Gasteiger partial charge on any atom is 0.287 e. The maximum atomic E-state index is 10.8. The van der Waals surface area contributed by atoms with Gasteiger partial charge in [-0.3, -0.25) is 10.1 Å². The SMILES string of the molecule is CN(Cc1ccccc1Br)c1ccc([N+](=O)[O-])c(C#N)c1. The second-order valence-electron chi connectivity index (χ2n) is 4.52. The summed E-state index contributed by atoms with van der Waals surface area (Å²) in [5.41, 5.74) is 1.75. The monoisotopic (exact) mass is 345 g/mol. The first-order valence-corrected chi connectivity index (χ1v) is 6.95. The predicted molar refractivity (Wildman–Crippen MR) is 84.1 cm³/mol. The summed E-state index contributed by atoms with van der Waals surface area (Å²) in [5.74, 6) is 0. The molecule has 2 aromatic carbocycles. The standard InChI is InChI=1S/C15H12BrN3O2/c1-18(10-11-4-2-3-5-14(11)16)13-6-7-15(19(20)21)12(8-13)9-17/h2-8H,10H2,1H3. The number of nitro groups is 1. The van der Waals surface area contributed by atoms with Crippen molar-refractivity contribution in [3.63, 3.8) is 0 Å². The molecule has 21 heavy (non-hydrogen) atoms. The Morgan fingerprint density at radius 1 is 1.33 bits per heavy atom. The van der Waals surface area contributed by atoms with E-state index in [4.69, 9.17) is 5.26 Å². The molecule has 0 atom stereocenters. The third-order valence-corrected chi connectivity index (χ3v) is 3.88. The van der Waals surface area contributed by atoms with E-state index in [2.05, 4.69) is 15.9 Å². The number of nitrogens with zero attached hydrogens (tertiary/aromatic N) is 3. The molecule has 0 aliphatic heterocycles.